The van der Waals surface area contributed by atoms with Gasteiger partial charge in [0.15, 0.2) is 0 Å². The number of carbonyl (C=O) groups is 2. The SMILES string of the molecule is O=C(O)CCCCCCN1C(=O)CCC1/C=C/[C@@H](O)c1cccc(Br)c1. The number of amides is 1. The molecule has 2 N–H and O–H groups in total. The number of carbonyl (C=O) groups excluding carboxylic acids is 1. The Balaban J connectivity index is 1.81. The molecule has 2 rings (SSSR count). The van der Waals surface area contributed by atoms with Crippen molar-refractivity contribution in [2.75, 3.05) is 6.54 Å². The predicted octanol–water partition coefficient (Wildman–Crippen LogP) is 4.06. The van der Waals surface area contributed by atoms with Crippen LogP contribution in [-0.2, 0) is 9.59 Å². The van der Waals surface area contributed by atoms with Gasteiger partial charge in [-0.15, -0.1) is 0 Å². The predicted molar refractivity (Wildman–Crippen MR) is 104 cm³/mol. The van der Waals surface area contributed by atoms with Crippen molar-refractivity contribution in [3.63, 3.8) is 0 Å². The smallest absolute Gasteiger partial charge is 0.303 e. The van der Waals surface area contributed by atoms with Crippen molar-refractivity contribution >= 4 is 27.8 Å². The van der Waals surface area contributed by atoms with E-state index in [4.69, 9.17) is 5.11 Å². The minimum atomic E-state index is -0.756. The summed E-state index contributed by atoms with van der Waals surface area (Å²) in [6.45, 7) is 0.688. The molecule has 0 spiro atoms. The van der Waals surface area contributed by atoms with Crippen LogP contribution in [0.3, 0.4) is 0 Å². The summed E-state index contributed by atoms with van der Waals surface area (Å²) in [5, 5.41) is 18.9. The van der Waals surface area contributed by atoms with Crippen LogP contribution >= 0.6 is 15.9 Å². The van der Waals surface area contributed by atoms with Gasteiger partial charge in [-0.2, -0.15) is 0 Å². The van der Waals surface area contributed by atoms with E-state index in [1.54, 1.807) is 6.08 Å². The Bertz CT molecular complexity index is 646. The third kappa shape index (κ3) is 6.57. The quantitative estimate of drug-likeness (QED) is 0.439. The van der Waals surface area contributed by atoms with Gasteiger partial charge in [0, 0.05) is 23.9 Å². The number of carboxylic acid groups (broad SMARTS) is 1. The molecule has 1 aromatic rings. The molecule has 1 aromatic carbocycles. The maximum absolute atomic E-state index is 12.1. The number of benzene rings is 1. The number of likely N-dealkylation sites (tertiary alicyclic amines) is 1. The second kappa shape index (κ2) is 10.5. The molecule has 0 bridgehead atoms. The van der Waals surface area contributed by atoms with Gasteiger partial charge in [0.25, 0.3) is 0 Å². The Morgan fingerprint density at radius 1 is 1.31 bits per heavy atom. The first-order valence-corrected chi connectivity index (χ1v) is 9.90. The first kappa shape index (κ1) is 20.6. The molecule has 0 aliphatic carbocycles. The molecule has 0 radical (unpaired) electrons. The highest BCUT2D eigenvalue weighted by Crippen LogP contribution is 2.24. The van der Waals surface area contributed by atoms with Crippen LogP contribution in [0.15, 0.2) is 40.9 Å². The average Bonchev–Trinajstić information content (AvgIpc) is 2.95. The molecule has 142 valence electrons. The Morgan fingerprint density at radius 2 is 2.08 bits per heavy atom. The summed E-state index contributed by atoms with van der Waals surface area (Å²) in [5.74, 6) is -0.601. The van der Waals surface area contributed by atoms with Gasteiger partial charge >= 0.3 is 5.97 Å². The lowest BCUT2D eigenvalue weighted by Crippen LogP contribution is -2.32. The monoisotopic (exact) mass is 423 g/mol. The molecule has 6 heteroatoms. The fraction of sp³-hybridized carbons (Fsp3) is 0.500. The first-order chi connectivity index (χ1) is 12.5. The van der Waals surface area contributed by atoms with Crippen molar-refractivity contribution < 1.29 is 19.8 Å². The average molecular weight is 424 g/mol. The topological polar surface area (TPSA) is 77.8 Å². The lowest BCUT2D eigenvalue weighted by Gasteiger charge is -2.22. The molecule has 1 fully saturated rings. The third-order valence-corrected chi connectivity index (χ3v) is 5.11. The maximum atomic E-state index is 12.1. The number of hydrogen-bond donors (Lipinski definition) is 2. The van der Waals surface area contributed by atoms with Crippen molar-refractivity contribution in [1.82, 2.24) is 4.90 Å². The summed E-state index contributed by atoms with van der Waals surface area (Å²) < 4.78 is 0.919. The largest absolute Gasteiger partial charge is 0.481 e. The number of nitrogens with zero attached hydrogens (tertiary/aromatic N) is 1. The van der Waals surface area contributed by atoms with Gasteiger partial charge in [-0.05, 0) is 37.0 Å². The number of unbranched alkanes of at least 4 members (excludes halogenated alkanes) is 3. The number of aliphatic carboxylic acids is 1. The molecule has 1 unspecified atom stereocenters. The minimum Gasteiger partial charge on any atom is -0.481 e. The zero-order valence-electron chi connectivity index (χ0n) is 14.8. The highest BCUT2D eigenvalue weighted by atomic mass is 79.9. The second-order valence-electron chi connectivity index (χ2n) is 6.64. The fourth-order valence-electron chi connectivity index (χ4n) is 3.19. The Kier molecular flexibility index (Phi) is 8.32. The molecule has 5 nitrogen and oxygen atoms in total. The summed E-state index contributed by atoms with van der Waals surface area (Å²) in [5.41, 5.74) is 0.810. The van der Waals surface area contributed by atoms with Crippen LogP contribution in [0.5, 0.6) is 0 Å². The van der Waals surface area contributed by atoms with Gasteiger partial charge in [0.05, 0.1) is 12.1 Å². The van der Waals surface area contributed by atoms with Crippen molar-refractivity contribution in [3.8, 4) is 0 Å². The second-order valence-corrected chi connectivity index (χ2v) is 7.55. The molecular weight excluding hydrogens is 398 g/mol. The Hall–Kier alpha value is -1.66. The Labute approximate surface area is 162 Å². The van der Waals surface area contributed by atoms with Gasteiger partial charge in [-0.3, -0.25) is 9.59 Å². The first-order valence-electron chi connectivity index (χ1n) is 9.10. The van der Waals surface area contributed by atoms with E-state index in [0.717, 1.165) is 35.7 Å². The van der Waals surface area contributed by atoms with Gasteiger partial charge in [-0.25, -0.2) is 0 Å². The van der Waals surface area contributed by atoms with Gasteiger partial charge in [0.2, 0.25) is 5.91 Å². The van der Waals surface area contributed by atoms with E-state index in [9.17, 15) is 14.7 Å². The van der Waals surface area contributed by atoms with Gasteiger partial charge in [0.1, 0.15) is 0 Å². The van der Waals surface area contributed by atoms with E-state index in [0.29, 0.717) is 19.4 Å². The van der Waals surface area contributed by atoms with Crippen molar-refractivity contribution in [2.45, 2.75) is 57.1 Å². The van der Waals surface area contributed by atoms with Crippen LogP contribution in [0.4, 0.5) is 0 Å². The summed E-state index contributed by atoms with van der Waals surface area (Å²) in [6.07, 6.45) is 7.88. The van der Waals surface area contributed by atoms with Crippen LogP contribution in [0.2, 0.25) is 0 Å². The van der Waals surface area contributed by atoms with Crippen LogP contribution < -0.4 is 0 Å². The summed E-state index contributed by atoms with van der Waals surface area (Å²) >= 11 is 3.40. The molecule has 1 aliphatic heterocycles. The minimum absolute atomic E-state index is 0.0309. The van der Waals surface area contributed by atoms with E-state index < -0.39 is 12.1 Å². The van der Waals surface area contributed by atoms with Crippen molar-refractivity contribution in [1.29, 1.82) is 0 Å². The summed E-state index contributed by atoms with van der Waals surface area (Å²) in [4.78, 5) is 24.5. The normalized spacial score (nSPS) is 18.6. The summed E-state index contributed by atoms with van der Waals surface area (Å²) in [6, 6.07) is 7.57. The third-order valence-electron chi connectivity index (χ3n) is 4.62. The van der Waals surface area contributed by atoms with Crippen molar-refractivity contribution in [2.24, 2.45) is 0 Å². The lowest BCUT2D eigenvalue weighted by molar-refractivity contribution is -0.137. The molecule has 1 saturated heterocycles. The van der Waals surface area contributed by atoms with E-state index in [-0.39, 0.29) is 18.4 Å². The standard InChI is InChI=1S/C20H26BrNO4/c21-16-7-5-6-15(14-16)18(23)11-9-17-10-12-19(24)22(17)13-4-2-1-3-8-20(25)26/h5-7,9,11,14,17-18,23H,1-4,8,10,12-13H2,(H,25,26)/b11-9+/t17?,18-/m1/s1. The molecule has 0 saturated carbocycles. The highest BCUT2D eigenvalue weighted by molar-refractivity contribution is 9.10. The number of hydrogen-bond acceptors (Lipinski definition) is 3. The van der Waals surface area contributed by atoms with Gasteiger partial charge in [-0.1, -0.05) is 53.1 Å². The molecule has 1 heterocycles. The highest BCUT2D eigenvalue weighted by Gasteiger charge is 2.28. The van der Waals surface area contributed by atoms with Crippen LogP contribution in [0.1, 0.15) is 56.6 Å². The van der Waals surface area contributed by atoms with Crippen LogP contribution in [0.25, 0.3) is 0 Å². The molecule has 26 heavy (non-hydrogen) atoms. The van der Waals surface area contributed by atoms with Crippen molar-refractivity contribution in [3.05, 3.63) is 46.5 Å². The van der Waals surface area contributed by atoms with Crippen LogP contribution in [0, 0.1) is 0 Å². The maximum Gasteiger partial charge on any atom is 0.303 e. The van der Waals surface area contributed by atoms with E-state index in [2.05, 4.69) is 15.9 Å². The number of carboxylic acids is 1. The Morgan fingerprint density at radius 3 is 2.81 bits per heavy atom. The lowest BCUT2D eigenvalue weighted by atomic mass is 10.1. The molecular formula is C20H26BrNO4. The molecule has 1 amide bonds. The number of rotatable bonds is 10. The molecule has 2 atom stereocenters. The number of halogens is 1. The fourth-order valence-corrected chi connectivity index (χ4v) is 3.61. The molecule has 1 aliphatic rings. The summed E-state index contributed by atoms with van der Waals surface area (Å²) in [7, 11) is 0. The number of aliphatic hydroxyl groups is 1. The molecule has 0 aromatic heterocycles. The van der Waals surface area contributed by atoms with Crippen LogP contribution in [-0.4, -0.2) is 39.6 Å². The van der Waals surface area contributed by atoms with E-state index >= 15 is 0 Å². The zero-order chi connectivity index (χ0) is 18.9. The van der Waals surface area contributed by atoms with Gasteiger partial charge < -0.3 is 15.1 Å². The zero-order valence-corrected chi connectivity index (χ0v) is 16.4. The van der Waals surface area contributed by atoms with E-state index in [1.165, 1.54) is 0 Å². The van der Waals surface area contributed by atoms with E-state index in [1.807, 2.05) is 35.2 Å². The number of aliphatic hydroxyl groups excluding tert-OH is 1.